The molecule has 96 valence electrons. The van der Waals surface area contributed by atoms with Gasteiger partial charge in [-0.3, -0.25) is 25.0 Å². The molecule has 1 aromatic carbocycles. The summed E-state index contributed by atoms with van der Waals surface area (Å²) in [7, 11) is 2.55. The Labute approximate surface area is 99.9 Å². The molecule has 18 heavy (non-hydrogen) atoms. The van der Waals surface area contributed by atoms with Gasteiger partial charge in [0.05, 0.1) is 22.0 Å². The van der Waals surface area contributed by atoms with Crippen LogP contribution in [0.2, 0.25) is 0 Å². The molecule has 0 radical (unpaired) electrons. The van der Waals surface area contributed by atoms with Gasteiger partial charge in [0.2, 0.25) is 0 Å². The third kappa shape index (κ3) is 2.39. The average molecular weight is 257 g/mol. The second-order valence-corrected chi connectivity index (χ2v) is 3.53. The summed E-state index contributed by atoms with van der Waals surface area (Å²) in [4.78, 5) is 32.0. The number of nitro groups is 2. The molecule has 1 rings (SSSR count). The lowest BCUT2D eigenvalue weighted by molar-refractivity contribution is -0.394. The van der Waals surface area contributed by atoms with Gasteiger partial charge in [0.25, 0.3) is 17.3 Å². The lowest BCUT2D eigenvalue weighted by Crippen LogP contribution is -2.24. The Bertz CT molecular complexity index is 508. The first-order valence-corrected chi connectivity index (χ1v) is 4.59. The van der Waals surface area contributed by atoms with E-state index in [0.717, 1.165) is 4.90 Å². The summed E-state index contributed by atoms with van der Waals surface area (Å²) in [5.41, 5.74) is -2.60. The van der Waals surface area contributed by atoms with E-state index in [4.69, 9.17) is 0 Å². The van der Waals surface area contributed by atoms with Crippen molar-refractivity contribution in [1.29, 1.82) is 0 Å². The maximum atomic E-state index is 13.1. The van der Waals surface area contributed by atoms with E-state index in [2.05, 4.69) is 0 Å². The molecule has 0 aromatic heterocycles. The fourth-order valence-electron chi connectivity index (χ4n) is 1.31. The number of nitrogens with zero attached hydrogens (tertiary/aromatic N) is 3. The molecule has 1 amide bonds. The van der Waals surface area contributed by atoms with Gasteiger partial charge in [0, 0.05) is 14.1 Å². The maximum Gasteiger partial charge on any atom is 0.292 e. The Morgan fingerprint density at radius 3 is 1.83 bits per heavy atom. The Hall–Kier alpha value is -2.58. The molecule has 0 saturated heterocycles. The van der Waals surface area contributed by atoms with E-state index in [9.17, 15) is 29.4 Å². The normalized spacial score (nSPS) is 9.94. The number of carbonyl (C=O) groups is 1. The highest BCUT2D eigenvalue weighted by Gasteiger charge is 2.33. The zero-order valence-electron chi connectivity index (χ0n) is 9.42. The van der Waals surface area contributed by atoms with Crippen LogP contribution in [0.5, 0.6) is 0 Å². The second kappa shape index (κ2) is 4.73. The van der Waals surface area contributed by atoms with E-state index >= 15 is 0 Å². The standard InChI is InChI=1S/C9H8FN3O5/c1-11(2)9(14)8-6(12(15)16)3-5(10)4-7(8)13(17)18/h3-4H,1-2H3. The number of hydrogen-bond donors (Lipinski definition) is 0. The van der Waals surface area contributed by atoms with Gasteiger partial charge in [-0.15, -0.1) is 0 Å². The minimum atomic E-state index is -1.15. The molecule has 0 spiro atoms. The molecular formula is C9H8FN3O5. The summed E-state index contributed by atoms with van der Waals surface area (Å²) in [5, 5.41) is 21.4. The van der Waals surface area contributed by atoms with Crippen LogP contribution in [-0.4, -0.2) is 34.7 Å². The quantitative estimate of drug-likeness (QED) is 0.599. The molecule has 8 nitrogen and oxygen atoms in total. The molecule has 0 aliphatic carbocycles. The van der Waals surface area contributed by atoms with Gasteiger partial charge in [-0.05, 0) is 0 Å². The molecule has 0 unspecified atom stereocenters. The zero-order chi connectivity index (χ0) is 14.0. The fourth-order valence-corrected chi connectivity index (χ4v) is 1.31. The van der Waals surface area contributed by atoms with Crippen molar-refractivity contribution < 1.29 is 19.0 Å². The van der Waals surface area contributed by atoms with Crippen LogP contribution in [0.15, 0.2) is 12.1 Å². The lowest BCUT2D eigenvalue weighted by Gasteiger charge is -2.10. The van der Waals surface area contributed by atoms with Gasteiger partial charge < -0.3 is 4.90 Å². The van der Waals surface area contributed by atoms with Crippen molar-refractivity contribution >= 4 is 17.3 Å². The largest absolute Gasteiger partial charge is 0.344 e. The smallest absolute Gasteiger partial charge is 0.292 e. The van der Waals surface area contributed by atoms with Crippen LogP contribution in [0.4, 0.5) is 15.8 Å². The van der Waals surface area contributed by atoms with Gasteiger partial charge in [-0.2, -0.15) is 0 Å². The summed E-state index contributed by atoms with van der Waals surface area (Å²) in [5.74, 6) is -2.09. The highest BCUT2D eigenvalue weighted by molar-refractivity contribution is 6.01. The summed E-state index contributed by atoms with van der Waals surface area (Å²) in [6, 6.07) is 0.952. The van der Waals surface area contributed by atoms with Crippen LogP contribution in [0, 0.1) is 26.0 Å². The van der Waals surface area contributed by atoms with Crippen LogP contribution < -0.4 is 0 Å². The predicted molar refractivity (Wildman–Crippen MR) is 57.7 cm³/mol. The summed E-state index contributed by atoms with van der Waals surface area (Å²) in [6.07, 6.45) is 0. The topological polar surface area (TPSA) is 107 Å². The van der Waals surface area contributed by atoms with Gasteiger partial charge in [-0.25, -0.2) is 4.39 Å². The molecule has 0 heterocycles. The van der Waals surface area contributed by atoms with Crippen molar-refractivity contribution in [2.24, 2.45) is 0 Å². The Morgan fingerprint density at radius 2 is 1.56 bits per heavy atom. The molecule has 1 aromatic rings. The molecule has 0 aliphatic rings. The Kier molecular flexibility index (Phi) is 3.55. The molecule has 9 heteroatoms. The van der Waals surface area contributed by atoms with Gasteiger partial charge in [0.15, 0.2) is 5.56 Å². The second-order valence-electron chi connectivity index (χ2n) is 3.53. The Morgan fingerprint density at radius 1 is 1.17 bits per heavy atom. The number of carbonyl (C=O) groups excluding carboxylic acids is 1. The van der Waals surface area contributed by atoms with E-state index in [-0.39, 0.29) is 0 Å². The maximum absolute atomic E-state index is 13.1. The van der Waals surface area contributed by atoms with E-state index in [1.807, 2.05) is 0 Å². The number of hydrogen-bond acceptors (Lipinski definition) is 5. The van der Waals surface area contributed by atoms with Crippen LogP contribution in [0.25, 0.3) is 0 Å². The fraction of sp³-hybridized carbons (Fsp3) is 0.222. The van der Waals surface area contributed by atoms with Crippen molar-refractivity contribution in [1.82, 2.24) is 4.90 Å². The summed E-state index contributed by atoms with van der Waals surface area (Å²) in [6.45, 7) is 0. The van der Waals surface area contributed by atoms with Gasteiger partial charge in [-0.1, -0.05) is 0 Å². The number of benzene rings is 1. The van der Waals surface area contributed by atoms with Crippen molar-refractivity contribution in [3.63, 3.8) is 0 Å². The highest BCUT2D eigenvalue weighted by Crippen LogP contribution is 2.30. The van der Waals surface area contributed by atoms with Crippen LogP contribution >= 0.6 is 0 Å². The van der Waals surface area contributed by atoms with E-state index < -0.39 is 38.5 Å². The molecule has 0 bridgehead atoms. The van der Waals surface area contributed by atoms with Gasteiger partial charge >= 0.3 is 0 Å². The first-order valence-electron chi connectivity index (χ1n) is 4.59. The number of rotatable bonds is 3. The molecular weight excluding hydrogens is 249 g/mol. The zero-order valence-corrected chi connectivity index (χ0v) is 9.42. The Balaban J connectivity index is 3.66. The first-order chi connectivity index (χ1) is 8.25. The first kappa shape index (κ1) is 13.5. The van der Waals surface area contributed by atoms with Crippen LogP contribution in [-0.2, 0) is 0 Å². The van der Waals surface area contributed by atoms with Crippen LogP contribution in [0.1, 0.15) is 10.4 Å². The number of nitro benzene ring substituents is 2. The molecule has 0 saturated carbocycles. The molecule has 0 fully saturated rings. The minimum Gasteiger partial charge on any atom is -0.344 e. The minimum absolute atomic E-state index is 0.476. The average Bonchev–Trinajstić information content (AvgIpc) is 2.26. The number of amides is 1. The predicted octanol–water partition coefficient (Wildman–Crippen LogP) is 1.34. The molecule has 0 aliphatic heterocycles. The summed E-state index contributed by atoms with van der Waals surface area (Å²) >= 11 is 0. The van der Waals surface area contributed by atoms with Crippen LogP contribution in [0.3, 0.4) is 0 Å². The van der Waals surface area contributed by atoms with E-state index in [1.165, 1.54) is 14.1 Å². The van der Waals surface area contributed by atoms with Crippen molar-refractivity contribution in [2.45, 2.75) is 0 Å². The lowest BCUT2D eigenvalue weighted by atomic mass is 10.1. The molecule has 0 N–H and O–H groups in total. The van der Waals surface area contributed by atoms with Crippen molar-refractivity contribution in [3.05, 3.63) is 43.7 Å². The number of halogens is 1. The third-order valence-electron chi connectivity index (χ3n) is 2.07. The monoisotopic (exact) mass is 257 g/mol. The van der Waals surface area contributed by atoms with Crippen molar-refractivity contribution in [2.75, 3.05) is 14.1 Å². The third-order valence-corrected chi connectivity index (χ3v) is 2.07. The molecule has 0 atom stereocenters. The van der Waals surface area contributed by atoms with Gasteiger partial charge in [0.1, 0.15) is 5.82 Å². The SMILES string of the molecule is CN(C)C(=O)c1c([N+](=O)[O-])cc(F)cc1[N+](=O)[O-]. The van der Waals surface area contributed by atoms with E-state index in [1.54, 1.807) is 0 Å². The highest BCUT2D eigenvalue weighted by atomic mass is 19.1. The van der Waals surface area contributed by atoms with E-state index in [0.29, 0.717) is 12.1 Å². The summed E-state index contributed by atoms with van der Waals surface area (Å²) < 4.78 is 13.1. The van der Waals surface area contributed by atoms with Crippen molar-refractivity contribution in [3.8, 4) is 0 Å².